The van der Waals surface area contributed by atoms with E-state index in [9.17, 15) is 14.4 Å². The fraction of sp³-hybridized carbons (Fsp3) is 0.235. The molecule has 0 aliphatic heterocycles. The second-order valence-electron chi connectivity index (χ2n) is 5.28. The summed E-state index contributed by atoms with van der Waals surface area (Å²) in [6.45, 7) is 4.92. The number of carbonyl (C=O) groups is 3. The normalized spacial score (nSPS) is 10.2. The Morgan fingerprint density at radius 3 is 2.48 bits per heavy atom. The minimum atomic E-state index is -0.687. The number of aromatic amines is 1. The van der Waals surface area contributed by atoms with Crippen molar-refractivity contribution in [3.05, 3.63) is 52.8 Å². The minimum Gasteiger partial charge on any atom is -0.451 e. The number of carbonyl (C=O) groups excluding carboxylic acids is 3. The number of benzene rings is 1. The number of amides is 1. The summed E-state index contributed by atoms with van der Waals surface area (Å²) in [6.07, 6.45) is 1.42. The largest absolute Gasteiger partial charge is 0.451 e. The van der Waals surface area contributed by atoms with Crippen LogP contribution in [0.1, 0.15) is 38.9 Å². The molecular formula is C17H18N2O4. The molecule has 0 aliphatic rings. The van der Waals surface area contributed by atoms with Crippen LogP contribution in [0.2, 0.25) is 0 Å². The zero-order valence-electron chi connectivity index (χ0n) is 13.2. The molecule has 6 nitrogen and oxygen atoms in total. The van der Waals surface area contributed by atoms with E-state index >= 15 is 0 Å². The molecule has 23 heavy (non-hydrogen) atoms. The number of hydrogen-bond donors (Lipinski definition) is 2. The number of Topliss-reactive ketones (excluding diaryl/α,β-unsaturated/α-hetero) is 1. The van der Waals surface area contributed by atoms with Crippen LogP contribution in [0, 0.1) is 13.8 Å². The fourth-order valence-electron chi connectivity index (χ4n) is 1.94. The molecule has 1 aromatic heterocycles. The predicted octanol–water partition coefficient (Wildman–Crippen LogP) is 2.63. The van der Waals surface area contributed by atoms with E-state index < -0.39 is 18.5 Å². The molecule has 1 amide bonds. The van der Waals surface area contributed by atoms with Crippen LogP contribution in [0.3, 0.4) is 0 Å². The maximum Gasteiger partial charge on any atom is 0.355 e. The summed E-state index contributed by atoms with van der Waals surface area (Å²) in [5.41, 5.74) is 3.35. The highest BCUT2D eigenvalue weighted by atomic mass is 16.5. The molecule has 120 valence electrons. The highest BCUT2D eigenvalue weighted by Crippen LogP contribution is 2.14. The fourth-order valence-corrected chi connectivity index (χ4v) is 1.94. The van der Waals surface area contributed by atoms with E-state index in [1.807, 2.05) is 26.0 Å². The first-order valence-corrected chi connectivity index (χ1v) is 7.10. The number of aromatic nitrogens is 1. The molecule has 0 unspecified atom stereocenters. The predicted molar refractivity (Wildman–Crippen MR) is 85.6 cm³/mol. The van der Waals surface area contributed by atoms with Crippen molar-refractivity contribution >= 4 is 23.3 Å². The van der Waals surface area contributed by atoms with Gasteiger partial charge in [-0.05, 0) is 50.1 Å². The van der Waals surface area contributed by atoms with Crippen molar-refractivity contribution in [2.24, 2.45) is 0 Å². The van der Waals surface area contributed by atoms with Gasteiger partial charge in [0.15, 0.2) is 12.4 Å². The lowest BCUT2D eigenvalue weighted by atomic mass is 10.1. The van der Waals surface area contributed by atoms with Gasteiger partial charge in [0, 0.05) is 17.4 Å². The van der Waals surface area contributed by atoms with E-state index in [2.05, 4.69) is 10.3 Å². The second-order valence-corrected chi connectivity index (χ2v) is 5.28. The van der Waals surface area contributed by atoms with Crippen molar-refractivity contribution in [1.82, 2.24) is 4.98 Å². The smallest absolute Gasteiger partial charge is 0.355 e. The maximum atomic E-state index is 11.8. The Kier molecular flexibility index (Phi) is 4.95. The third kappa shape index (κ3) is 4.29. The number of ketones is 1. The lowest BCUT2D eigenvalue weighted by Crippen LogP contribution is -2.21. The lowest BCUT2D eigenvalue weighted by molar-refractivity contribution is -0.119. The van der Waals surface area contributed by atoms with Gasteiger partial charge in [0.1, 0.15) is 5.69 Å². The summed E-state index contributed by atoms with van der Waals surface area (Å²) in [5.74, 6) is -1.28. The zero-order chi connectivity index (χ0) is 17.0. The monoisotopic (exact) mass is 314 g/mol. The number of anilines is 1. The van der Waals surface area contributed by atoms with Gasteiger partial charge in [0.2, 0.25) is 0 Å². The molecule has 2 rings (SSSR count). The Morgan fingerprint density at radius 2 is 1.87 bits per heavy atom. The third-order valence-electron chi connectivity index (χ3n) is 3.43. The quantitative estimate of drug-likeness (QED) is 0.656. The second kappa shape index (κ2) is 6.91. The van der Waals surface area contributed by atoms with Crippen molar-refractivity contribution in [3.8, 4) is 0 Å². The van der Waals surface area contributed by atoms with E-state index in [0.29, 0.717) is 11.3 Å². The van der Waals surface area contributed by atoms with Gasteiger partial charge in [0.25, 0.3) is 5.91 Å². The summed E-state index contributed by atoms with van der Waals surface area (Å²) >= 11 is 0. The van der Waals surface area contributed by atoms with Crippen molar-refractivity contribution in [3.63, 3.8) is 0 Å². The van der Waals surface area contributed by atoms with Crippen LogP contribution < -0.4 is 5.32 Å². The highest BCUT2D eigenvalue weighted by Gasteiger charge is 2.14. The zero-order valence-corrected chi connectivity index (χ0v) is 13.2. The number of ether oxygens (including phenoxy) is 1. The minimum absolute atomic E-state index is 0.134. The summed E-state index contributed by atoms with van der Waals surface area (Å²) in [6, 6.07) is 6.93. The van der Waals surface area contributed by atoms with E-state index in [-0.39, 0.29) is 11.5 Å². The summed E-state index contributed by atoms with van der Waals surface area (Å²) in [4.78, 5) is 37.4. The van der Waals surface area contributed by atoms with E-state index in [1.165, 1.54) is 19.2 Å². The van der Waals surface area contributed by atoms with Gasteiger partial charge in [-0.15, -0.1) is 0 Å². The van der Waals surface area contributed by atoms with E-state index in [0.717, 1.165) is 11.1 Å². The van der Waals surface area contributed by atoms with Crippen LogP contribution in [0.5, 0.6) is 0 Å². The average Bonchev–Trinajstić information content (AvgIpc) is 2.99. The first kappa shape index (κ1) is 16.5. The van der Waals surface area contributed by atoms with Gasteiger partial charge in [-0.25, -0.2) is 4.79 Å². The molecule has 1 aromatic carbocycles. The Labute approximate surface area is 133 Å². The van der Waals surface area contributed by atoms with Crippen LogP contribution in [-0.2, 0) is 9.53 Å². The van der Waals surface area contributed by atoms with Gasteiger partial charge in [-0.3, -0.25) is 9.59 Å². The molecular weight excluding hydrogens is 296 g/mol. The molecule has 0 bridgehead atoms. The Bertz CT molecular complexity index is 762. The van der Waals surface area contributed by atoms with E-state index in [4.69, 9.17) is 4.74 Å². The van der Waals surface area contributed by atoms with Crippen LogP contribution in [0.25, 0.3) is 0 Å². The van der Waals surface area contributed by atoms with Crippen LogP contribution in [0.4, 0.5) is 5.69 Å². The molecule has 6 heteroatoms. The average molecular weight is 314 g/mol. The van der Waals surface area contributed by atoms with Crippen LogP contribution in [0.15, 0.2) is 30.5 Å². The van der Waals surface area contributed by atoms with Gasteiger partial charge < -0.3 is 15.0 Å². The maximum absolute atomic E-state index is 11.8. The first-order valence-electron chi connectivity index (χ1n) is 7.10. The van der Waals surface area contributed by atoms with Gasteiger partial charge in [-0.2, -0.15) is 0 Å². The number of aryl methyl sites for hydroxylation is 2. The number of H-pyrrole nitrogens is 1. The Hall–Kier alpha value is -2.89. The Balaban J connectivity index is 1.89. The van der Waals surface area contributed by atoms with E-state index in [1.54, 1.807) is 6.07 Å². The molecule has 0 aliphatic carbocycles. The molecule has 0 saturated carbocycles. The molecule has 1 heterocycles. The highest BCUT2D eigenvalue weighted by molar-refractivity contribution is 5.98. The molecule has 0 radical (unpaired) electrons. The lowest BCUT2D eigenvalue weighted by Gasteiger charge is -2.08. The van der Waals surface area contributed by atoms with Crippen LogP contribution >= 0.6 is 0 Å². The van der Waals surface area contributed by atoms with Crippen molar-refractivity contribution < 1.29 is 19.1 Å². The summed E-state index contributed by atoms with van der Waals surface area (Å²) in [7, 11) is 0. The topological polar surface area (TPSA) is 88.3 Å². The van der Waals surface area contributed by atoms with Crippen molar-refractivity contribution in [2.75, 3.05) is 11.9 Å². The summed E-state index contributed by atoms with van der Waals surface area (Å²) < 4.78 is 4.92. The molecule has 2 N–H and O–H groups in total. The molecule has 0 fully saturated rings. The molecule has 0 spiro atoms. The standard InChI is InChI=1S/C17H18N2O4/c1-10-4-5-14(6-11(10)2)19-16(21)9-23-17(22)15-7-13(8-18-15)12(3)20/h4-8,18H,9H2,1-3H3,(H,19,21). The number of esters is 1. The number of rotatable bonds is 5. The SMILES string of the molecule is CC(=O)c1c[nH]c(C(=O)OCC(=O)Nc2ccc(C)c(C)c2)c1. The third-order valence-corrected chi connectivity index (χ3v) is 3.43. The van der Waals surface area contributed by atoms with Gasteiger partial charge in [0.05, 0.1) is 0 Å². The van der Waals surface area contributed by atoms with Crippen molar-refractivity contribution in [1.29, 1.82) is 0 Å². The number of hydrogen-bond acceptors (Lipinski definition) is 4. The summed E-state index contributed by atoms with van der Waals surface area (Å²) in [5, 5.41) is 2.66. The number of nitrogens with one attached hydrogen (secondary N) is 2. The molecule has 2 aromatic rings. The van der Waals surface area contributed by atoms with Crippen molar-refractivity contribution in [2.45, 2.75) is 20.8 Å². The first-order chi connectivity index (χ1) is 10.9. The van der Waals surface area contributed by atoms with Gasteiger partial charge in [-0.1, -0.05) is 6.07 Å². The molecule has 0 atom stereocenters. The molecule has 0 saturated heterocycles. The van der Waals surface area contributed by atoms with Gasteiger partial charge >= 0.3 is 5.97 Å². The Morgan fingerprint density at radius 1 is 1.13 bits per heavy atom. The van der Waals surface area contributed by atoms with Crippen LogP contribution in [-0.4, -0.2) is 29.3 Å².